The molecule has 0 fully saturated rings. The van der Waals surface area contributed by atoms with Crippen LogP contribution in [0.25, 0.3) is 5.65 Å². The van der Waals surface area contributed by atoms with Crippen LogP contribution in [-0.2, 0) is 18.4 Å². The third-order valence-corrected chi connectivity index (χ3v) is 2.85. The van der Waals surface area contributed by atoms with Crippen molar-refractivity contribution in [3.05, 3.63) is 37.2 Å². The van der Waals surface area contributed by atoms with Crippen molar-refractivity contribution in [1.29, 1.82) is 0 Å². The number of aromatic nitrogens is 5. The first-order chi connectivity index (χ1) is 9.63. The number of anilines is 2. The lowest BCUT2D eigenvalue weighted by molar-refractivity contribution is -0.671. The molecule has 0 aliphatic heterocycles. The van der Waals surface area contributed by atoms with Crippen molar-refractivity contribution in [1.82, 2.24) is 19.2 Å². The third kappa shape index (κ3) is 2.95. The Morgan fingerprint density at radius 3 is 3.05 bits per heavy atom. The molecule has 21 heavy (non-hydrogen) atoms. The number of nitrogens with one attached hydrogen (secondary N) is 1. The number of fused-ring (bicyclic) bond motifs is 1. The highest BCUT2D eigenvalue weighted by Gasteiger charge is 2.11. The lowest BCUT2D eigenvalue weighted by Crippen LogP contribution is -3.00. The summed E-state index contributed by atoms with van der Waals surface area (Å²) in [5.74, 6) is 0.385. The van der Waals surface area contributed by atoms with Gasteiger partial charge in [0, 0.05) is 6.20 Å². The van der Waals surface area contributed by atoms with Crippen molar-refractivity contribution in [3.8, 4) is 0 Å². The Morgan fingerprint density at radius 2 is 2.33 bits per heavy atom. The summed E-state index contributed by atoms with van der Waals surface area (Å²) in [7, 11) is 1.90. The van der Waals surface area contributed by atoms with Crippen LogP contribution in [0.2, 0.25) is 0 Å². The second-order valence-electron chi connectivity index (χ2n) is 4.46. The highest BCUT2D eigenvalue weighted by Crippen LogP contribution is 2.14. The number of hydrogen-bond acceptors (Lipinski definition) is 4. The summed E-state index contributed by atoms with van der Waals surface area (Å²) in [6, 6.07) is 1.67. The molecule has 3 rings (SSSR count). The van der Waals surface area contributed by atoms with E-state index >= 15 is 0 Å². The smallest absolute Gasteiger partial charge is 0.267 e. The van der Waals surface area contributed by atoms with Gasteiger partial charge in [-0.2, -0.15) is 9.61 Å². The Labute approximate surface area is 126 Å². The van der Waals surface area contributed by atoms with Crippen molar-refractivity contribution in [3.63, 3.8) is 0 Å². The molecule has 1 amide bonds. The van der Waals surface area contributed by atoms with E-state index in [0.717, 1.165) is 0 Å². The van der Waals surface area contributed by atoms with Crippen LogP contribution in [0.5, 0.6) is 0 Å². The summed E-state index contributed by atoms with van der Waals surface area (Å²) < 4.78 is 5.15. The molecule has 8 nitrogen and oxygen atoms in total. The first-order valence-electron chi connectivity index (χ1n) is 6.02. The molecule has 0 atom stereocenters. The summed E-state index contributed by atoms with van der Waals surface area (Å²) in [6.45, 7) is 0.224. The van der Waals surface area contributed by atoms with Gasteiger partial charge in [-0.1, -0.05) is 0 Å². The predicted molar refractivity (Wildman–Crippen MR) is 71.6 cm³/mol. The van der Waals surface area contributed by atoms with Gasteiger partial charge in [0.05, 0.1) is 18.9 Å². The molecule has 110 valence electrons. The second kappa shape index (κ2) is 5.80. The largest absolute Gasteiger partial charge is 1.00 e. The molecule has 0 spiro atoms. The van der Waals surface area contributed by atoms with Gasteiger partial charge in [-0.15, -0.1) is 0 Å². The highest BCUT2D eigenvalue weighted by atomic mass is 35.5. The van der Waals surface area contributed by atoms with Gasteiger partial charge in [0.1, 0.15) is 18.2 Å². The number of carbonyl (C=O) groups is 1. The fourth-order valence-electron chi connectivity index (χ4n) is 1.95. The summed E-state index contributed by atoms with van der Waals surface area (Å²) in [5.41, 5.74) is 6.73. The maximum Gasteiger partial charge on any atom is 0.267 e. The van der Waals surface area contributed by atoms with Crippen LogP contribution in [0.1, 0.15) is 0 Å². The lowest BCUT2D eigenvalue weighted by Gasteiger charge is -2.05. The zero-order chi connectivity index (χ0) is 14.1. The number of rotatable bonds is 3. The van der Waals surface area contributed by atoms with Crippen molar-refractivity contribution < 1.29 is 21.8 Å². The molecule has 0 aliphatic rings. The standard InChI is InChI=1S/C12H13N7O.ClH/c1-17-4-5-18(8-17)7-11(20)16-10-2-3-14-12-9(13)6-15-19(10)12;/h2-6,8H,7,13H2,1H3;1H. The van der Waals surface area contributed by atoms with Gasteiger partial charge in [0.25, 0.3) is 5.91 Å². The molecule has 0 unspecified atom stereocenters. The number of nitrogens with zero attached hydrogens (tertiary/aromatic N) is 5. The van der Waals surface area contributed by atoms with Gasteiger partial charge in [-0.3, -0.25) is 4.79 Å². The third-order valence-electron chi connectivity index (χ3n) is 2.85. The Morgan fingerprint density at radius 1 is 1.52 bits per heavy atom. The number of amides is 1. The first kappa shape index (κ1) is 14.8. The molecule has 3 aromatic rings. The van der Waals surface area contributed by atoms with Crippen LogP contribution < -0.4 is 28.0 Å². The van der Waals surface area contributed by atoms with E-state index in [1.807, 2.05) is 30.3 Å². The van der Waals surface area contributed by atoms with Crippen molar-refractivity contribution in [2.75, 3.05) is 11.1 Å². The summed E-state index contributed by atoms with van der Waals surface area (Å²) in [6.07, 6.45) is 8.61. The van der Waals surface area contributed by atoms with Crippen molar-refractivity contribution in [2.24, 2.45) is 7.05 Å². The molecule has 3 heterocycles. The average molecular weight is 308 g/mol. The molecule has 0 bridgehead atoms. The molecule has 0 aliphatic carbocycles. The Kier molecular flexibility index (Phi) is 4.08. The van der Waals surface area contributed by atoms with E-state index in [0.29, 0.717) is 17.2 Å². The van der Waals surface area contributed by atoms with E-state index < -0.39 is 0 Å². The molecule has 0 radical (unpaired) electrons. The van der Waals surface area contributed by atoms with Crippen LogP contribution >= 0.6 is 0 Å². The Hall–Kier alpha value is -2.61. The lowest BCUT2D eigenvalue weighted by atomic mass is 10.5. The highest BCUT2D eigenvalue weighted by molar-refractivity contribution is 5.90. The first-order valence-corrected chi connectivity index (χ1v) is 6.02. The van der Waals surface area contributed by atoms with Gasteiger partial charge in [0.2, 0.25) is 6.33 Å². The van der Waals surface area contributed by atoms with E-state index in [-0.39, 0.29) is 24.9 Å². The quantitative estimate of drug-likeness (QED) is 0.493. The molecule has 3 N–H and O–H groups in total. The summed E-state index contributed by atoms with van der Waals surface area (Å²) in [4.78, 5) is 16.1. The average Bonchev–Trinajstić information content (AvgIpc) is 2.98. The molecule has 0 aromatic carbocycles. The summed E-state index contributed by atoms with van der Waals surface area (Å²) >= 11 is 0. The zero-order valence-corrected chi connectivity index (χ0v) is 12.0. The van der Waals surface area contributed by atoms with Gasteiger partial charge >= 0.3 is 0 Å². The maximum absolute atomic E-state index is 12.0. The molecular formula is C12H14ClN7O. The topological polar surface area (TPSA) is 94.1 Å². The van der Waals surface area contributed by atoms with E-state index in [2.05, 4.69) is 15.4 Å². The van der Waals surface area contributed by atoms with Gasteiger partial charge in [-0.05, 0) is 6.07 Å². The normalized spacial score (nSPS) is 10.3. The number of halogens is 1. The van der Waals surface area contributed by atoms with Gasteiger partial charge in [0.15, 0.2) is 12.2 Å². The molecule has 0 saturated carbocycles. The van der Waals surface area contributed by atoms with E-state index in [1.165, 1.54) is 10.7 Å². The Bertz CT molecular complexity index is 779. The van der Waals surface area contributed by atoms with Crippen LogP contribution in [0, 0.1) is 0 Å². The van der Waals surface area contributed by atoms with Crippen LogP contribution in [0.15, 0.2) is 37.2 Å². The second-order valence-corrected chi connectivity index (χ2v) is 4.46. The summed E-state index contributed by atoms with van der Waals surface area (Å²) in [5, 5.41) is 6.88. The fourth-order valence-corrected chi connectivity index (χ4v) is 1.95. The zero-order valence-electron chi connectivity index (χ0n) is 11.3. The van der Waals surface area contributed by atoms with Crippen LogP contribution in [-0.4, -0.2) is 25.1 Å². The van der Waals surface area contributed by atoms with Crippen molar-refractivity contribution in [2.45, 2.75) is 6.54 Å². The van der Waals surface area contributed by atoms with Crippen molar-refractivity contribution >= 4 is 23.1 Å². The maximum atomic E-state index is 12.0. The van der Waals surface area contributed by atoms with E-state index in [9.17, 15) is 4.79 Å². The minimum atomic E-state index is -0.150. The Balaban J connectivity index is 0.00000161. The van der Waals surface area contributed by atoms with Crippen LogP contribution in [0.3, 0.4) is 0 Å². The number of nitrogens with two attached hydrogens (primary N) is 1. The SMILES string of the molecule is C[n+]1ccn(CC(=O)Nc2ccnc3c(N)cnn23)c1.[Cl-]. The number of carbonyl (C=O) groups excluding carboxylic acids is 1. The molecule has 3 aromatic heterocycles. The minimum Gasteiger partial charge on any atom is -1.00 e. The van der Waals surface area contributed by atoms with E-state index in [1.54, 1.807) is 16.8 Å². The number of hydrogen-bond donors (Lipinski definition) is 2. The fraction of sp³-hybridized carbons (Fsp3) is 0.167. The predicted octanol–water partition coefficient (Wildman–Crippen LogP) is -3.42. The molecular weight excluding hydrogens is 294 g/mol. The molecule has 9 heteroatoms. The number of imidazole rings is 1. The number of aryl methyl sites for hydroxylation is 1. The monoisotopic (exact) mass is 307 g/mol. The number of nitrogen functional groups attached to an aromatic ring is 1. The van der Waals surface area contributed by atoms with Crippen LogP contribution in [0.4, 0.5) is 11.5 Å². The van der Waals surface area contributed by atoms with E-state index in [4.69, 9.17) is 5.73 Å². The molecule has 0 saturated heterocycles. The van der Waals surface area contributed by atoms with Gasteiger partial charge in [-0.25, -0.2) is 14.1 Å². The van der Waals surface area contributed by atoms with Gasteiger partial charge < -0.3 is 23.5 Å². The minimum absolute atomic E-state index is 0.